The third-order valence-electron chi connectivity index (χ3n) is 3.45. The molecule has 0 saturated heterocycles. The van der Waals surface area contributed by atoms with Crippen LogP contribution in [0, 0.1) is 0 Å². The minimum atomic E-state index is -0.368. The van der Waals surface area contributed by atoms with Crippen molar-refractivity contribution < 1.29 is 19.4 Å². The van der Waals surface area contributed by atoms with E-state index in [1.807, 2.05) is 0 Å². The number of nitrogens with one attached hydrogen (secondary N) is 1. The number of methoxy groups -OCH3 is 1. The first-order valence-corrected chi connectivity index (χ1v) is 8.11. The molecule has 0 radical (unpaired) electrons. The van der Waals surface area contributed by atoms with Gasteiger partial charge in [-0.25, -0.2) is 0 Å². The zero-order chi connectivity index (χ0) is 19.6. The number of aromatic nitrogens is 1. The lowest BCUT2D eigenvalue weighted by atomic mass is 10.2. The van der Waals surface area contributed by atoms with Crippen LogP contribution >= 0.6 is 0 Å². The zero-order valence-corrected chi connectivity index (χ0v) is 15.3. The first-order valence-electron chi connectivity index (χ1n) is 8.11. The van der Waals surface area contributed by atoms with Gasteiger partial charge < -0.3 is 24.8 Å². The van der Waals surface area contributed by atoms with E-state index in [4.69, 9.17) is 9.47 Å². The van der Waals surface area contributed by atoms with Gasteiger partial charge in [-0.3, -0.25) is 14.8 Å². The Kier molecular flexibility index (Phi) is 7.18. The highest BCUT2D eigenvalue weighted by atomic mass is 16.5. The van der Waals surface area contributed by atoms with Crippen LogP contribution < -0.4 is 14.8 Å². The minimum absolute atomic E-state index is 0.0644. The van der Waals surface area contributed by atoms with E-state index in [9.17, 15) is 9.90 Å². The number of rotatable bonds is 9. The first-order chi connectivity index (χ1) is 13.0. The van der Waals surface area contributed by atoms with Crippen molar-refractivity contribution >= 4 is 17.9 Å². The SMILES string of the molecule is C=CN(C)C=NCC(=O)Nc1cc(OCc2ccc(OC)cn2)ccc1O. The molecule has 1 aromatic carbocycles. The highest BCUT2D eigenvalue weighted by Gasteiger charge is 2.08. The molecule has 1 amide bonds. The summed E-state index contributed by atoms with van der Waals surface area (Å²) in [5, 5.41) is 12.5. The fraction of sp³-hybridized carbons (Fsp3) is 0.211. The standard InChI is InChI=1S/C19H22N4O4/c1-4-23(2)13-20-11-19(25)22-17-9-15(7-8-18(17)24)27-12-14-5-6-16(26-3)10-21-14/h4-10,13,24H,1,11-12H2,2-3H3,(H,22,25). The molecule has 0 aliphatic rings. The Hall–Kier alpha value is -3.55. The quantitative estimate of drug-likeness (QED) is 0.400. The van der Waals surface area contributed by atoms with E-state index in [2.05, 4.69) is 21.9 Å². The average molecular weight is 370 g/mol. The van der Waals surface area contributed by atoms with E-state index >= 15 is 0 Å². The second kappa shape index (κ2) is 9.81. The molecular weight excluding hydrogens is 348 g/mol. The van der Waals surface area contributed by atoms with Crippen molar-refractivity contribution in [3.8, 4) is 17.2 Å². The molecule has 142 valence electrons. The molecule has 0 spiro atoms. The number of carbonyl (C=O) groups excluding carboxylic acids is 1. The van der Waals surface area contributed by atoms with Gasteiger partial charge in [-0.05, 0) is 30.5 Å². The summed E-state index contributed by atoms with van der Waals surface area (Å²) in [6.45, 7) is 3.72. The van der Waals surface area contributed by atoms with E-state index in [1.165, 1.54) is 18.5 Å². The summed E-state index contributed by atoms with van der Waals surface area (Å²) in [7, 11) is 3.32. The summed E-state index contributed by atoms with van der Waals surface area (Å²) in [5.74, 6) is 0.712. The number of aliphatic imine (C=N–C) groups is 1. The number of benzene rings is 1. The van der Waals surface area contributed by atoms with Gasteiger partial charge in [-0.1, -0.05) is 6.58 Å². The lowest BCUT2D eigenvalue weighted by Crippen LogP contribution is -2.16. The van der Waals surface area contributed by atoms with Crippen molar-refractivity contribution in [3.63, 3.8) is 0 Å². The van der Waals surface area contributed by atoms with Crippen molar-refractivity contribution in [1.82, 2.24) is 9.88 Å². The van der Waals surface area contributed by atoms with Crippen molar-refractivity contribution in [2.75, 3.05) is 26.0 Å². The first kappa shape index (κ1) is 19.8. The van der Waals surface area contributed by atoms with Crippen molar-refractivity contribution in [2.45, 2.75) is 6.61 Å². The predicted molar refractivity (Wildman–Crippen MR) is 103 cm³/mol. The van der Waals surface area contributed by atoms with E-state index in [0.717, 1.165) is 5.69 Å². The number of amides is 1. The molecule has 0 atom stereocenters. The number of nitrogens with zero attached hydrogens (tertiary/aromatic N) is 3. The number of pyridine rings is 1. The van der Waals surface area contributed by atoms with Crippen LogP contribution in [0.25, 0.3) is 0 Å². The summed E-state index contributed by atoms with van der Waals surface area (Å²) in [6.07, 6.45) is 4.64. The van der Waals surface area contributed by atoms with Crippen LogP contribution in [0.1, 0.15) is 5.69 Å². The van der Waals surface area contributed by atoms with Gasteiger partial charge in [-0.2, -0.15) is 0 Å². The Morgan fingerprint density at radius 2 is 2.15 bits per heavy atom. The van der Waals surface area contributed by atoms with E-state index < -0.39 is 0 Å². The molecule has 27 heavy (non-hydrogen) atoms. The maximum Gasteiger partial charge on any atom is 0.246 e. The second-order valence-corrected chi connectivity index (χ2v) is 5.51. The number of anilines is 1. The molecule has 0 unspecified atom stereocenters. The van der Waals surface area contributed by atoms with Crippen molar-refractivity contribution in [3.05, 3.63) is 55.0 Å². The van der Waals surface area contributed by atoms with Crippen LogP contribution in [0.15, 0.2) is 54.3 Å². The fourth-order valence-corrected chi connectivity index (χ4v) is 1.97. The molecule has 8 nitrogen and oxygen atoms in total. The molecule has 0 aliphatic carbocycles. The lowest BCUT2D eigenvalue weighted by Gasteiger charge is -2.10. The van der Waals surface area contributed by atoms with Gasteiger partial charge in [0.05, 0.1) is 31.0 Å². The van der Waals surface area contributed by atoms with Crippen LogP contribution in [-0.4, -0.2) is 47.9 Å². The van der Waals surface area contributed by atoms with Crippen LogP contribution in [0.3, 0.4) is 0 Å². The summed E-state index contributed by atoms with van der Waals surface area (Å²) in [6, 6.07) is 8.17. The third-order valence-corrected chi connectivity index (χ3v) is 3.45. The summed E-state index contributed by atoms with van der Waals surface area (Å²) < 4.78 is 10.7. The summed E-state index contributed by atoms with van der Waals surface area (Å²) in [4.78, 5) is 21.7. The fourth-order valence-electron chi connectivity index (χ4n) is 1.97. The molecule has 2 aromatic rings. The van der Waals surface area contributed by atoms with E-state index in [1.54, 1.807) is 49.7 Å². The van der Waals surface area contributed by atoms with Gasteiger partial charge in [-0.15, -0.1) is 0 Å². The Morgan fingerprint density at radius 3 is 2.81 bits per heavy atom. The highest BCUT2D eigenvalue weighted by Crippen LogP contribution is 2.28. The maximum absolute atomic E-state index is 11.9. The van der Waals surface area contributed by atoms with Gasteiger partial charge >= 0.3 is 0 Å². The highest BCUT2D eigenvalue weighted by molar-refractivity contribution is 5.94. The van der Waals surface area contributed by atoms with E-state index in [0.29, 0.717) is 11.5 Å². The number of phenols is 1. The molecule has 8 heteroatoms. The number of carbonyl (C=O) groups is 1. The van der Waals surface area contributed by atoms with E-state index in [-0.39, 0.29) is 30.5 Å². The van der Waals surface area contributed by atoms with Crippen LogP contribution in [0.2, 0.25) is 0 Å². The Morgan fingerprint density at radius 1 is 1.37 bits per heavy atom. The topological polar surface area (TPSA) is 96.3 Å². The van der Waals surface area contributed by atoms with Crippen LogP contribution in [0.4, 0.5) is 5.69 Å². The third kappa shape index (κ3) is 6.35. The molecule has 0 aliphatic heterocycles. The van der Waals surface area contributed by atoms with Crippen molar-refractivity contribution in [2.24, 2.45) is 4.99 Å². The molecule has 0 bridgehead atoms. The van der Waals surface area contributed by atoms with Gasteiger partial charge in [0.1, 0.15) is 30.4 Å². The Labute approximate surface area is 157 Å². The maximum atomic E-state index is 11.9. The molecule has 1 heterocycles. The van der Waals surface area contributed by atoms with Gasteiger partial charge in [0.15, 0.2) is 0 Å². The van der Waals surface area contributed by atoms with Gasteiger partial charge in [0.2, 0.25) is 5.91 Å². The smallest absolute Gasteiger partial charge is 0.246 e. The Balaban J connectivity index is 1.95. The average Bonchev–Trinajstić information content (AvgIpc) is 2.68. The molecular formula is C19H22N4O4. The zero-order valence-electron chi connectivity index (χ0n) is 15.3. The molecule has 0 fully saturated rings. The number of phenolic OH excluding ortho intramolecular Hbond substituents is 1. The number of hydrogen-bond donors (Lipinski definition) is 2. The normalized spacial score (nSPS) is 10.4. The molecule has 2 N–H and O–H groups in total. The second-order valence-electron chi connectivity index (χ2n) is 5.51. The summed E-state index contributed by atoms with van der Waals surface area (Å²) in [5.41, 5.74) is 0.961. The molecule has 0 saturated carbocycles. The van der Waals surface area contributed by atoms with Crippen LogP contribution in [0.5, 0.6) is 17.2 Å². The van der Waals surface area contributed by atoms with Gasteiger partial charge in [0, 0.05) is 13.1 Å². The van der Waals surface area contributed by atoms with Crippen molar-refractivity contribution in [1.29, 1.82) is 0 Å². The minimum Gasteiger partial charge on any atom is -0.506 e. The van der Waals surface area contributed by atoms with Gasteiger partial charge in [0.25, 0.3) is 0 Å². The largest absolute Gasteiger partial charge is 0.506 e. The number of aromatic hydroxyl groups is 1. The monoisotopic (exact) mass is 370 g/mol. The lowest BCUT2D eigenvalue weighted by molar-refractivity contribution is -0.114. The molecule has 2 rings (SSSR count). The predicted octanol–water partition coefficient (Wildman–Crippen LogP) is 2.42. The van der Waals surface area contributed by atoms with Crippen LogP contribution in [-0.2, 0) is 11.4 Å². The Bertz CT molecular complexity index is 806. The molecule has 1 aromatic heterocycles. The number of ether oxygens (including phenoxy) is 2. The summed E-state index contributed by atoms with van der Waals surface area (Å²) >= 11 is 0. The number of hydrogen-bond acceptors (Lipinski definition) is 6.